The third kappa shape index (κ3) is 4.40. The highest BCUT2D eigenvalue weighted by atomic mass is 32.2. The fourth-order valence-corrected chi connectivity index (χ4v) is 5.27. The highest BCUT2D eigenvalue weighted by Gasteiger charge is 2.38. The largest absolute Gasteiger partial charge is 0.466 e. The van der Waals surface area contributed by atoms with Crippen LogP contribution in [-0.4, -0.2) is 43.4 Å². The lowest BCUT2D eigenvalue weighted by Gasteiger charge is -2.30. The summed E-state index contributed by atoms with van der Waals surface area (Å²) in [6.45, 7) is 2.40. The molecule has 0 saturated carbocycles. The second-order valence-corrected chi connectivity index (χ2v) is 9.19. The van der Waals surface area contributed by atoms with Crippen molar-refractivity contribution in [2.24, 2.45) is 5.92 Å². The molecule has 162 valence electrons. The predicted molar refractivity (Wildman–Crippen MR) is 115 cm³/mol. The topological polar surface area (TPSA) is 89.7 Å². The van der Waals surface area contributed by atoms with Gasteiger partial charge >= 0.3 is 5.97 Å². The average Bonchev–Trinajstić information content (AvgIpc) is 3.27. The second-order valence-electron chi connectivity index (χ2n) is 7.34. The molecule has 1 saturated heterocycles. The summed E-state index contributed by atoms with van der Waals surface area (Å²) in [5.74, 6) is -0.422. The Morgan fingerprint density at radius 2 is 1.74 bits per heavy atom. The van der Waals surface area contributed by atoms with Crippen LogP contribution in [0, 0.1) is 5.92 Å². The van der Waals surface area contributed by atoms with Crippen molar-refractivity contribution >= 4 is 16.0 Å². The van der Waals surface area contributed by atoms with Crippen LogP contribution in [0.5, 0.6) is 0 Å². The van der Waals surface area contributed by atoms with Gasteiger partial charge in [0.15, 0.2) is 5.76 Å². The molecule has 8 heteroatoms. The first kappa shape index (κ1) is 21.3. The van der Waals surface area contributed by atoms with Gasteiger partial charge in [-0.1, -0.05) is 48.5 Å². The summed E-state index contributed by atoms with van der Waals surface area (Å²) >= 11 is 0. The molecule has 3 aromatic rings. The molecule has 2 aromatic carbocycles. The highest BCUT2D eigenvalue weighted by Crippen LogP contribution is 2.35. The number of sulfonamides is 1. The molecule has 0 bridgehead atoms. The van der Waals surface area contributed by atoms with E-state index in [-0.39, 0.29) is 35.8 Å². The summed E-state index contributed by atoms with van der Waals surface area (Å²) in [5, 5.41) is -0.137. The number of hydrogen-bond acceptors (Lipinski definition) is 6. The van der Waals surface area contributed by atoms with Gasteiger partial charge in [0.1, 0.15) is 0 Å². The van der Waals surface area contributed by atoms with Crippen molar-refractivity contribution in [1.29, 1.82) is 0 Å². The van der Waals surface area contributed by atoms with Gasteiger partial charge in [-0.3, -0.25) is 4.79 Å². The van der Waals surface area contributed by atoms with Gasteiger partial charge in [-0.2, -0.15) is 9.29 Å². The summed E-state index contributed by atoms with van der Waals surface area (Å²) in [6.07, 6.45) is 1.18. The number of benzene rings is 2. The molecule has 1 aromatic heterocycles. The van der Waals surface area contributed by atoms with Crippen LogP contribution in [0.25, 0.3) is 22.8 Å². The molecule has 4 rings (SSSR count). The van der Waals surface area contributed by atoms with Crippen LogP contribution in [0.15, 0.2) is 70.1 Å². The quantitative estimate of drug-likeness (QED) is 0.539. The van der Waals surface area contributed by atoms with Crippen molar-refractivity contribution in [3.63, 3.8) is 0 Å². The Labute approximate surface area is 181 Å². The van der Waals surface area contributed by atoms with Crippen molar-refractivity contribution in [1.82, 2.24) is 9.29 Å². The van der Waals surface area contributed by atoms with E-state index in [4.69, 9.17) is 9.15 Å². The molecule has 0 aliphatic carbocycles. The minimum Gasteiger partial charge on any atom is -0.466 e. The zero-order valence-electron chi connectivity index (χ0n) is 17.2. The average molecular weight is 441 g/mol. The molecule has 2 heterocycles. The molecule has 1 atom stereocenters. The maximum atomic E-state index is 13.6. The molecule has 1 aliphatic heterocycles. The van der Waals surface area contributed by atoms with Crippen LogP contribution in [0.2, 0.25) is 0 Å². The minimum atomic E-state index is -3.99. The monoisotopic (exact) mass is 440 g/mol. The van der Waals surface area contributed by atoms with Crippen molar-refractivity contribution in [3.8, 4) is 22.8 Å². The van der Waals surface area contributed by atoms with Gasteiger partial charge < -0.3 is 9.15 Å². The smallest absolute Gasteiger partial charge is 0.310 e. The van der Waals surface area contributed by atoms with Crippen LogP contribution in [0.4, 0.5) is 0 Å². The Kier molecular flexibility index (Phi) is 6.20. The first-order valence-corrected chi connectivity index (χ1v) is 11.7. The number of carbonyl (C=O) groups excluding carboxylic acids is 1. The first-order valence-electron chi connectivity index (χ1n) is 10.3. The number of ether oxygens (including phenoxy) is 1. The van der Waals surface area contributed by atoms with Gasteiger partial charge in [-0.25, -0.2) is 8.42 Å². The van der Waals surface area contributed by atoms with Crippen LogP contribution >= 0.6 is 0 Å². The first-order chi connectivity index (χ1) is 15.0. The Morgan fingerprint density at radius 3 is 2.39 bits per heavy atom. The maximum Gasteiger partial charge on any atom is 0.310 e. The number of hydrogen-bond donors (Lipinski definition) is 0. The molecular weight excluding hydrogens is 416 g/mol. The van der Waals surface area contributed by atoms with E-state index in [0.717, 1.165) is 0 Å². The summed E-state index contributed by atoms with van der Waals surface area (Å²) in [4.78, 5) is 16.6. The molecule has 1 aliphatic rings. The van der Waals surface area contributed by atoms with Gasteiger partial charge in [0.2, 0.25) is 10.9 Å². The van der Waals surface area contributed by atoms with Crippen LogP contribution in [0.3, 0.4) is 0 Å². The van der Waals surface area contributed by atoms with E-state index >= 15 is 0 Å². The maximum absolute atomic E-state index is 13.6. The van der Waals surface area contributed by atoms with Gasteiger partial charge in [0, 0.05) is 24.2 Å². The Balaban J connectivity index is 1.75. The number of piperidine rings is 1. The lowest BCUT2D eigenvalue weighted by Crippen LogP contribution is -2.43. The van der Waals surface area contributed by atoms with E-state index in [0.29, 0.717) is 30.5 Å². The number of carbonyl (C=O) groups is 1. The molecule has 0 amide bonds. The van der Waals surface area contributed by atoms with E-state index in [9.17, 15) is 13.2 Å². The Morgan fingerprint density at radius 1 is 1.10 bits per heavy atom. The third-order valence-corrected chi connectivity index (χ3v) is 7.02. The SMILES string of the molecule is CCOC(=O)C1CCCN(S(=O)(=O)c2nc(-c3ccccc3)oc2-c2ccccc2)C1. The number of aromatic nitrogens is 1. The van der Waals surface area contributed by atoms with Crippen molar-refractivity contribution in [2.45, 2.75) is 24.8 Å². The summed E-state index contributed by atoms with van der Waals surface area (Å²) in [6, 6.07) is 18.2. The van der Waals surface area contributed by atoms with Gasteiger partial charge in [0.25, 0.3) is 10.0 Å². The fourth-order valence-electron chi connectivity index (χ4n) is 3.69. The molecular formula is C23H24N2O5S. The van der Waals surface area contributed by atoms with Crippen LogP contribution in [0.1, 0.15) is 19.8 Å². The molecule has 31 heavy (non-hydrogen) atoms. The lowest BCUT2D eigenvalue weighted by atomic mass is 10.0. The fraction of sp³-hybridized carbons (Fsp3) is 0.304. The van der Waals surface area contributed by atoms with E-state index in [2.05, 4.69) is 4.98 Å². The normalized spacial score (nSPS) is 17.4. The number of rotatable bonds is 6. The molecule has 0 spiro atoms. The van der Waals surface area contributed by atoms with Gasteiger partial charge in [-0.05, 0) is 31.9 Å². The predicted octanol–water partition coefficient (Wildman–Crippen LogP) is 3.97. The Bertz CT molecular complexity index is 1140. The molecule has 0 radical (unpaired) electrons. The molecule has 1 unspecified atom stereocenters. The second kappa shape index (κ2) is 9.03. The van der Waals surface area contributed by atoms with Gasteiger partial charge in [0.05, 0.1) is 12.5 Å². The van der Waals surface area contributed by atoms with E-state index in [1.807, 2.05) is 48.5 Å². The number of esters is 1. The minimum absolute atomic E-state index is 0.0723. The zero-order chi connectivity index (χ0) is 21.8. The molecule has 0 N–H and O–H groups in total. The lowest BCUT2D eigenvalue weighted by molar-refractivity contribution is -0.149. The van der Waals surface area contributed by atoms with E-state index in [1.54, 1.807) is 19.1 Å². The van der Waals surface area contributed by atoms with Gasteiger partial charge in [-0.15, -0.1) is 0 Å². The third-order valence-electron chi connectivity index (χ3n) is 5.24. The Hall–Kier alpha value is -2.97. The van der Waals surface area contributed by atoms with E-state index < -0.39 is 15.9 Å². The molecule has 1 fully saturated rings. The zero-order valence-corrected chi connectivity index (χ0v) is 18.0. The summed E-state index contributed by atoms with van der Waals surface area (Å²) in [5.41, 5.74) is 1.30. The van der Waals surface area contributed by atoms with Crippen LogP contribution < -0.4 is 0 Å². The molecule has 7 nitrogen and oxygen atoms in total. The van der Waals surface area contributed by atoms with E-state index in [1.165, 1.54) is 4.31 Å². The highest BCUT2D eigenvalue weighted by molar-refractivity contribution is 7.89. The summed E-state index contributed by atoms with van der Waals surface area (Å²) < 4.78 is 39.6. The van der Waals surface area contributed by atoms with Crippen molar-refractivity contribution < 1.29 is 22.4 Å². The number of oxazole rings is 1. The van der Waals surface area contributed by atoms with Crippen molar-refractivity contribution in [3.05, 3.63) is 60.7 Å². The summed E-state index contributed by atoms with van der Waals surface area (Å²) in [7, 11) is -3.99. The van der Waals surface area contributed by atoms with Crippen molar-refractivity contribution in [2.75, 3.05) is 19.7 Å². The number of nitrogens with zero attached hydrogens (tertiary/aromatic N) is 2. The standard InChI is InChI=1S/C23H24N2O5S/c1-2-29-23(26)19-14-9-15-25(16-19)31(27,28)22-20(17-10-5-3-6-11-17)30-21(24-22)18-12-7-4-8-13-18/h3-8,10-13,19H,2,9,14-16H2,1H3. The van der Waals surface area contributed by atoms with Crippen LogP contribution in [-0.2, 0) is 19.6 Å².